The number of amides is 2. The highest BCUT2D eigenvalue weighted by Crippen LogP contribution is 2.25. The zero-order valence-corrected chi connectivity index (χ0v) is 9.00. The van der Waals surface area contributed by atoms with Gasteiger partial charge >= 0.3 is 6.03 Å². The summed E-state index contributed by atoms with van der Waals surface area (Å²) in [5, 5.41) is 2.52. The standard InChI is InChI=1S/C11H13FN2O2/c1-13-11(15)14-5-6-16-10-4-2-3-9(12)8(10)7-14/h2-4H,5-7H2,1H3,(H,13,15). The smallest absolute Gasteiger partial charge is 0.317 e. The molecule has 0 unspecified atom stereocenters. The van der Waals surface area contributed by atoms with Crippen LogP contribution in [0.4, 0.5) is 9.18 Å². The largest absolute Gasteiger partial charge is 0.491 e. The van der Waals surface area contributed by atoms with Gasteiger partial charge < -0.3 is 15.0 Å². The number of ether oxygens (including phenoxy) is 1. The first-order chi connectivity index (χ1) is 7.72. The molecule has 0 spiro atoms. The number of nitrogens with one attached hydrogen (secondary N) is 1. The number of carbonyl (C=O) groups excluding carboxylic acids is 1. The Hall–Kier alpha value is -1.78. The Morgan fingerprint density at radius 3 is 3.12 bits per heavy atom. The number of halogens is 1. The Balaban J connectivity index is 2.29. The first-order valence-corrected chi connectivity index (χ1v) is 5.09. The van der Waals surface area contributed by atoms with E-state index in [1.165, 1.54) is 11.0 Å². The molecule has 0 atom stereocenters. The number of rotatable bonds is 0. The second kappa shape index (κ2) is 4.38. The summed E-state index contributed by atoms with van der Waals surface area (Å²) in [4.78, 5) is 13.0. The van der Waals surface area contributed by atoms with E-state index in [1.807, 2.05) is 0 Å². The molecule has 4 nitrogen and oxygen atoms in total. The van der Waals surface area contributed by atoms with Crippen LogP contribution in [0.2, 0.25) is 0 Å². The van der Waals surface area contributed by atoms with Crippen molar-refractivity contribution in [3.05, 3.63) is 29.6 Å². The molecule has 1 N–H and O–H groups in total. The molecular weight excluding hydrogens is 211 g/mol. The number of carbonyl (C=O) groups is 1. The Bertz CT molecular complexity index is 409. The highest BCUT2D eigenvalue weighted by molar-refractivity contribution is 5.74. The van der Waals surface area contributed by atoms with E-state index in [4.69, 9.17) is 4.74 Å². The fourth-order valence-corrected chi connectivity index (χ4v) is 1.69. The van der Waals surface area contributed by atoms with Gasteiger partial charge in [-0.15, -0.1) is 0 Å². The lowest BCUT2D eigenvalue weighted by Crippen LogP contribution is -2.38. The Kier molecular flexibility index (Phi) is 2.94. The zero-order valence-electron chi connectivity index (χ0n) is 9.00. The molecule has 1 aromatic carbocycles. The molecule has 0 bridgehead atoms. The van der Waals surface area contributed by atoms with Crippen molar-refractivity contribution in [3.8, 4) is 5.75 Å². The molecule has 0 aromatic heterocycles. The summed E-state index contributed by atoms with van der Waals surface area (Å²) in [7, 11) is 1.55. The molecule has 0 fully saturated rings. The number of nitrogens with zero attached hydrogens (tertiary/aromatic N) is 1. The number of benzene rings is 1. The van der Waals surface area contributed by atoms with Crippen molar-refractivity contribution in [1.82, 2.24) is 10.2 Å². The van der Waals surface area contributed by atoms with E-state index in [2.05, 4.69) is 5.32 Å². The Labute approximate surface area is 93.0 Å². The van der Waals surface area contributed by atoms with Crippen molar-refractivity contribution in [2.24, 2.45) is 0 Å². The summed E-state index contributed by atoms with van der Waals surface area (Å²) in [6, 6.07) is 4.46. The lowest BCUT2D eigenvalue weighted by Gasteiger charge is -2.18. The van der Waals surface area contributed by atoms with E-state index in [0.717, 1.165) is 0 Å². The van der Waals surface area contributed by atoms with Gasteiger partial charge in [-0.1, -0.05) is 6.07 Å². The maximum atomic E-state index is 13.6. The third-order valence-electron chi connectivity index (χ3n) is 2.54. The molecule has 1 aromatic rings. The first kappa shape index (κ1) is 10.7. The van der Waals surface area contributed by atoms with Gasteiger partial charge in [0.05, 0.1) is 13.1 Å². The second-order valence-corrected chi connectivity index (χ2v) is 3.54. The number of hydrogen-bond acceptors (Lipinski definition) is 2. The van der Waals surface area contributed by atoms with E-state index >= 15 is 0 Å². The molecule has 0 aliphatic carbocycles. The average molecular weight is 224 g/mol. The maximum Gasteiger partial charge on any atom is 0.317 e. The van der Waals surface area contributed by atoms with E-state index in [1.54, 1.807) is 19.2 Å². The van der Waals surface area contributed by atoms with Gasteiger partial charge in [0.25, 0.3) is 0 Å². The quantitative estimate of drug-likeness (QED) is 0.723. The summed E-state index contributed by atoms with van der Waals surface area (Å²) in [6.07, 6.45) is 0. The van der Waals surface area contributed by atoms with Crippen LogP contribution >= 0.6 is 0 Å². The van der Waals surface area contributed by atoms with Crippen LogP contribution in [0.3, 0.4) is 0 Å². The molecule has 2 amide bonds. The number of fused-ring (bicyclic) bond motifs is 1. The van der Waals surface area contributed by atoms with Crippen molar-refractivity contribution < 1.29 is 13.9 Å². The van der Waals surface area contributed by atoms with Crippen LogP contribution in [-0.2, 0) is 6.54 Å². The van der Waals surface area contributed by atoms with Crippen LogP contribution in [0.1, 0.15) is 5.56 Å². The zero-order chi connectivity index (χ0) is 11.5. The lowest BCUT2D eigenvalue weighted by atomic mass is 10.2. The fourth-order valence-electron chi connectivity index (χ4n) is 1.69. The monoisotopic (exact) mass is 224 g/mol. The summed E-state index contributed by atoms with van der Waals surface area (Å²) in [6.45, 7) is 1.07. The summed E-state index contributed by atoms with van der Waals surface area (Å²) in [5.74, 6) is 0.180. The van der Waals surface area contributed by atoms with E-state index in [0.29, 0.717) is 24.5 Å². The van der Waals surface area contributed by atoms with Gasteiger partial charge in [0.2, 0.25) is 0 Å². The van der Waals surface area contributed by atoms with Gasteiger partial charge in [-0.3, -0.25) is 0 Å². The summed E-state index contributed by atoms with van der Waals surface area (Å²) in [5.41, 5.74) is 0.434. The number of hydrogen-bond donors (Lipinski definition) is 1. The van der Waals surface area contributed by atoms with Crippen molar-refractivity contribution in [1.29, 1.82) is 0 Å². The van der Waals surface area contributed by atoms with Crippen molar-refractivity contribution in [2.45, 2.75) is 6.54 Å². The van der Waals surface area contributed by atoms with Gasteiger partial charge in [0.1, 0.15) is 18.2 Å². The molecule has 1 aliphatic rings. The van der Waals surface area contributed by atoms with Gasteiger partial charge in [0, 0.05) is 12.6 Å². The van der Waals surface area contributed by atoms with Crippen molar-refractivity contribution in [3.63, 3.8) is 0 Å². The molecule has 0 saturated heterocycles. The minimum atomic E-state index is -0.340. The molecule has 0 saturated carbocycles. The summed E-state index contributed by atoms with van der Waals surface area (Å²) < 4.78 is 18.9. The van der Waals surface area contributed by atoms with E-state index < -0.39 is 0 Å². The SMILES string of the molecule is CNC(=O)N1CCOc2cccc(F)c2C1. The molecule has 16 heavy (non-hydrogen) atoms. The highest BCUT2D eigenvalue weighted by Gasteiger charge is 2.21. The van der Waals surface area contributed by atoms with Gasteiger partial charge in [0.15, 0.2) is 0 Å². The van der Waals surface area contributed by atoms with E-state index in [9.17, 15) is 9.18 Å². The van der Waals surface area contributed by atoms with Crippen LogP contribution in [-0.4, -0.2) is 31.1 Å². The molecule has 86 valence electrons. The molecule has 1 heterocycles. The fraction of sp³-hybridized carbons (Fsp3) is 0.364. The molecule has 1 aliphatic heterocycles. The van der Waals surface area contributed by atoms with Crippen LogP contribution in [0.15, 0.2) is 18.2 Å². The summed E-state index contributed by atoms with van der Waals surface area (Å²) >= 11 is 0. The van der Waals surface area contributed by atoms with Gasteiger partial charge in [-0.05, 0) is 12.1 Å². The Morgan fingerprint density at radius 2 is 2.38 bits per heavy atom. The van der Waals surface area contributed by atoms with Crippen molar-refractivity contribution >= 4 is 6.03 Å². The predicted octanol–water partition coefficient (Wildman–Crippen LogP) is 1.36. The van der Waals surface area contributed by atoms with E-state index in [-0.39, 0.29) is 18.4 Å². The van der Waals surface area contributed by atoms with Gasteiger partial charge in [-0.2, -0.15) is 0 Å². The third-order valence-corrected chi connectivity index (χ3v) is 2.54. The van der Waals surface area contributed by atoms with Crippen molar-refractivity contribution in [2.75, 3.05) is 20.2 Å². The van der Waals surface area contributed by atoms with Crippen LogP contribution in [0, 0.1) is 5.82 Å². The molecule has 2 rings (SSSR count). The molecule has 5 heteroatoms. The Morgan fingerprint density at radius 1 is 1.56 bits per heavy atom. The predicted molar refractivity (Wildman–Crippen MR) is 56.8 cm³/mol. The minimum absolute atomic E-state index is 0.222. The highest BCUT2D eigenvalue weighted by atomic mass is 19.1. The first-order valence-electron chi connectivity index (χ1n) is 5.09. The topological polar surface area (TPSA) is 41.6 Å². The molecular formula is C11H13FN2O2. The van der Waals surface area contributed by atoms with Crippen LogP contribution in [0.5, 0.6) is 5.75 Å². The molecule has 0 radical (unpaired) electrons. The minimum Gasteiger partial charge on any atom is -0.491 e. The normalized spacial score (nSPS) is 14.8. The number of urea groups is 1. The van der Waals surface area contributed by atoms with Crippen LogP contribution < -0.4 is 10.1 Å². The lowest BCUT2D eigenvalue weighted by molar-refractivity contribution is 0.189. The average Bonchev–Trinajstić information content (AvgIpc) is 2.51. The van der Waals surface area contributed by atoms with Crippen LogP contribution in [0.25, 0.3) is 0 Å². The maximum absolute atomic E-state index is 13.6. The van der Waals surface area contributed by atoms with Gasteiger partial charge in [-0.25, -0.2) is 9.18 Å². The second-order valence-electron chi connectivity index (χ2n) is 3.54. The third kappa shape index (κ3) is 1.93.